The number of nitrogens with one attached hydrogen (secondary N) is 5. The summed E-state index contributed by atoms with van der Waals surface area (Å²) in [6, 6.07) is 9.50. The van der Waals surface area contributed by atoms with Gasteiger partial charge in [0.05, 0.1) is 11.2 Å². The molecule has 174 valence electrons. The minimum atomic E-state index is -0.719. The Morgan fingerprint density at radius 1 is 1.20 bits per heavy atom. The highest BCUT2D eigenvalue weighted by molar-refractivity contribution is 9.10. The second-order valence-electron chi connectivity index (χ2n) is 9.24. The Balaban J connectivity index is 1.57. The lowest BCUT2D eigenvalue weighted by molar-refractivity contribution is -0.457. The first-order valence-corrected chi connectivity index (χ1v) is 12.1. The standard InChI is InChI=1S/C25H20BrN7O2/c1-10-12-4-5-17(34)21-18(12)15(8-29-21)19-22(25(10)9-30-24(27)33-25)31-20(23(35)32-19)14-7-28-16-6-11(26)2-3-13(14)16/h2-8,10,28-29,34H,9H2,1H3,(H,32,35)(H3,27,30,33)/p+1/t10-,25-/m1/s1. The maximum atomic E-state index is 13.5. The molecule has 3 aromatic heterocycles. The quantitative estimate of drug-likeness (QED) is 0.176. The summed E-state index contributed by atoms with van der Waals surface area (Å²) in [5.41, 5.74) is 10.9. The van der Waals surface area contributed by atoms with E-state index in [9.17, 15) is 9.90 Å². The molecule has 0 radical (unpaired) electrons. The smallest absolute Gasteiger partial charge is 0.342 e. The molecule has 1 spiro atoms. The number of aromatic nitrogens is 4. The van der Waals surface area contributed by atoms with Crippen molar-refractivity contribution < 1.29 is 10.1 Å². The number of hydrogen-bond donors (Lipinski definition) is 7. The van der Waals surface area contributed by atoms with Crippen molar-refractivity contribution in [2.45, 2.75) is 18.4 Å². The Morgan fingerprint density at radius 2 is 2.03 bits per heavy atom. The van der Waals surface area contributed by atoms with Gasteiger partial charge in [-0.3, -0.25) is 20.8 Å². The molecule has 0 amide bonds. The van der Waals surface area contributed by atoms with Crippen molar-refractivity contribution in [1.29, 1.82) is 0 Å². The van der Waals surface area contributed by atoms with E-state index in [-0.39, 0.29) is 17.2 Å². The number of phenols is 1. The monoisotopic (exact) mass is 530 g/mol. The van der Waals surface area contributed by atoms with E-state index in [2.05, 4.69) is 48.1 Å². The van der Waals surface area contributed by atoms with Gasteiger partial charge in [0.1, 0.15) is 23.7 Å². The molecular formula is C25H21BrN7O2+. The molecule has 0 saturated heterocycles. The highest BCUT2D eigenvalue weighted by Gasteiger charge is 2.52. The van der Waals surface area contributed by atoms with Crippen molar-refractivity contribution in [3.63, 3.8) is 0 Å². The fourth-order valence-electron chi connectivity index (χ4n) is 5.70. The van der Waals surface area contributed by atoms with Crippen molar-refractivity contribution >= 4 is 43.7 Å². The van der Waals surface area contributed by atoms with Crippen molar-refractivity contribution in [2.75, 3.05) is 6.54 Å². The van der Waals surface area contributed by atoms with Gasteiger partial charge in [0.2, 0.25) is 0 Å². The third-order valence-corrected chi connectivity index (χ3v) is 7.96. The zero-order chi connectivity index (χ0) is 24.1. The number of guanidine groups is 1. The number of halogens is 1. The van der Waals surface area contributed by atoms with Crippen LogP contribution >= 0.6 is 15.9 Å². The topological polar surface area (TPSA) is 150 Å². The molecule has 0 fully saturated rings. The predicted octanol–water partition coefficient (Wildman–Crippen LogP) is 1.85. The summed E-state index contributed by atoms with van der Waals surface area (Å²) in [5, 5.41) is 15.7. The second kappa shape index (κ2) is 6.76. The molecule has 2 atom stereocenters. The van der Waals surface area contributed by atoms with Crippen LogP contribution < -0.4 is 21.6 Å². The first-order chi connectivity index (χ1) is 16.9. The van der Waals surface area contributed by atoms with Crippen LogP contribution in [0.5, 0.6) is 5.75 Å². The zero-order valence-corrected chi connectivity index (χ0v) is 20.2. The minimum Gasteiger partial charge on any atom is -0.506 e. The third kappa shape index (κ3) is 2.60. The molecule has 10 heteroatoms. The molecule has 0 bridgehead atoms. The van der Waals surface area contributed by atoms with Crippen molar-refractivity contribution in [3.05, 3.63) is 68.8 Å². The Morgan fingerprint density at radius 3 is 2.83 bits per heavy atom. The summed E-state index contributed by atoms with van der Waals surface area (Å²) in [5.74, 6) is 0.512. The predicted molar refractivity (Wildman–Crippen MR) is 137 cm³/mol. The largest absolute Gasteiger partial charge is 0.506 e. The number of aromatic hydroxyl groups is 1. The van der Waals surface area contributed by atoms with Crippen LogP contribution in [-0.2, 0) is 5.54 Å². The van der Waals surface area contributed by atoms with Crippen LogP contribution in [-0.4, -0.2) is 37.5 Å². The Labute approximate surface area is 206 Å². The molecular weight excluding hydrogens is 510 g/mol. The van der Waals surface area contributed by atoms with Gasteiger partial charge in [-0.05, 0) is 23.8 Å². The van der Waals surface area contributed by atoms with Crippen molar-refractivity contribution in [3.8, 4) is 28.3 Å². The molecule has 0 unspecified atom stereocenters. The summed E-state index contributed by atoms with van der Waals surface area (Å²) in [7, 11) is 0. The van der Waals surface area contributed by atoms with E-state index in [0.717, 1.165) is 37.5 Å². The van der Waals surface area contributed by atoms with E-state index >= 15 is 0 Å². The first kappa shape index (κ1) is 20.3. The number of fused-ring (bicyclic) bond motifs is 4. The first-order valence-electron chi connectivity index (χ1n) is 11.3. The molecule has 35 heavy (non-hydrogen) atoms. The molecule has 1 aliphatic heterocycles. The molecule has 2 aliphatic rings. The van der Waals surface area contributed by atoms with Crippen molar-refractivity contribution in [1.82, 2.24) is 25.3 Å². The van der Waals surface area contributed by atoms with Crippen LogP contribution in [0.3, 0.4) is 0 Å². The van der Waals surface area contributed by atoms with Gasteiger partial charge in [-0.2, -0.15) is 0 Å². The Bertz CT molecular complexity index is 1800. The normalized spacial score (nSPS) is 20.7. The van der Waals surface area contributed by atoms with Crippen LogP contribution in [0.15, 0.2) is 52.0 Å². The van der Waals surface area contributed by atoms with Gasteiger partial charge in [0, 0.05) is 50.2 Å². The van der Waals surface area contributed by atoms with Crippen LogP contribution in [0.4, 0.5) is 0 Å². The number of aromatic amines is 3. The van der Waals surface area contributed by atoms with Crippen LogP contribution in [0.1, 0.15) is 24.1 Å². The summed E-state index contributed by atoms with van der Waals surface area (Å²) in [6.45, 7) is 2.60. The van der Waals surface area contributed by atoms with Gasteiger partial charge in [-0.15, -0.1) is 0 Å². The van der Waals surface area contributed by atoms with Crippen molar-refractivity contribution in [2.24, 2.45) is 5.73 Å². The average molecular weight is 531 g/mol. The number of rotatable bonds is 1. The van der Waals surface area contributed by atoms with Gasteiger partial charge in [0.15, 0.2) is 5.54 Å². The van der Waals surface area contributed by atoms with E-state index in [1.54, 1.807) is 6.07 Å². The number of benzene rings is 2. The van der Waals surface area contributed by atoms with E-state index in [4.69, 9.17) is 10.7 Å². The lowest BCUT2D eigenvalue weighted by Crippen LogP contribution is -2.74. The summed E-state index contributed by atoms with van der Waals surface area (Å²) in [4.78, 5) is 31.4. The van der Waals surface area contributed by atoms with Gasteiger partial charge in [-0.1, -0.05) is 35.0 Å². The van der Waals surface area contributed by atoms with E-state index in [1.165, 1.54) is 0 Å². The lowest BCUT2D eigenvalue weighted by atomic mass is 9.78. The molecule has 0 saturated carbocycles. The molecule has 2 aromatic carbocycles. The van der Waals surface area contributed by atoms with Gasteiger partial charge < -0.3 is 20.1 Å². The highest BCUT2D eigenvalue weighted by atomic mass is 79.9. The SMILES string of the molecule is C[C@@H]1c2ccc(O)c3[nH]cc(c23)-c2[nH]c(=O)c(-c3c[nH]c4cc(Br)ccc34)nc2[C@@]12C[NH+]=C(N)N2. The number of hydrogen-bond acceptors (Lipinski definition) is 5. The Kier molecular flexibility index (Phi) is 3.93. The van der Waals surface area contributed by atoms with Gasteiger partial charge in [0.25, 0.3) is 5.56 Å². The molecule has 1 aliphatic carbocycles. The number of nitrogens with zero attached hydrogens (tertiary/aromatic N) is 1. The maximum absolute atomic E-state index is 13.5. The zero-order valence-electron chi connectivity index (χ0n) is 18.6. The maximum Gasteiger partial charge on any atom is 0.342 e. The molecule has 5 aromatic rings. The molecule has 4 heterocycles. The van der Waals surface area contributed by atoms with Gasteiger partial charge >= 0.3 is 5.96 Å². The summed E-state index contributed by atoms with van der Waals surface area (Å²) in [6.07, 6.45) is 3.63. The van der Waals surface area contributed by atoms with Crippen LogP contribution in [0, 0.1) is 0 Å². The number of nitrogens with two attached hydrogens (primary N) is 1. The van der Waals surface area contributed by atoms with E-state index in [0.29, 0.717) is 35.1 Å². The molecule has 9 nitrogen and oxygen atoms in total. The number of phenolic OH excluding ortho intramolecular Hbond substituents is 1. The summed E-state index contributed by atoms with van der Waals surface area (Å²) < 4.78 is 0.944. The average Bonchev–Trinajstić information content (AvgIpc) is 3.55. The summed E-state index contributed by atoms with van der Waals surface area (Å²) >= 11 is 3.50. The lowest BCUT2D eigenvalue weighted by Gasteiger charge is -2.31. The van der Waals surface area contributed by atoms with E-state index in [1.807, 2.05) is 36.7 Å². The van der Waals surface area contributed by atoms with Gasteiger partial charge in [-0.25, -0.2) is 4.98 Å². The minimum absolute atomic E-state index is 0.0971. The molecule has 7 rings (SSSR count). The van der Waals surface area contributed by atoms with E-state index < -0.39 is 5.54 Å². The molecule has 8 N–H and O–H groups in total. The highest BCUT2D eigenvalue weighted by Crippen LogP contribution is 2.49. The second-order valence-corrected chi connectivity index (χ2v) is 10.2. The Hall–Kier alpha value is -4.05. The third-order valence-electron chi connectivity index (χ3n) is 7.47. The van der Waals surface area contributed by atoms with Crippen LogP contribution in [0.2, 0.25) is 0 Å². The fraction of sp³-hybridized carbons (Fsp3) is 0.160. The van der Waals surface area contributed by atoms with Crippen LogP contribution in [0.25, 0.3) is 44.3 Å². The number of H-pyrrole nitrogens is 3. The fourth-order valence-corrected chi connectivity index (χ4v) is 6.06.